The number of carbonyl (C=O) groups is 1. The van der Waals surface area contributed by atoms with Crippen molar-refractivity contribution >= 4 is 21.6 Å². The molecular weight excluding hydrogens is 448 g/mol. The second kappa shape index (κ2) is 10.7. The van der Waals surface area contributed by atoms with Gasteiger partial charge in [0.05, 0.1) is 23.7 Å². The Morgan fingerprint density at radius 3 is 2.03 bits per heavy atom. The number of nitrogens with one attached hydrogen (secondary N) is 1. The van der Waals surface area contributed by atoms with Gasteiger partial charge in [0.25, 0.3) is 10.0 Å². The molecule has 0 aliphatic rings. The Morgan fingerprint density at radius 1 is 0.912 bits per heavy atom. The van der Waals surface area contributed by atoms with Gasteiger partial charge in [0.1, 0.15) is 12.3 Å². The fraction of sp³-hybridized carbons (Fsp3) is 0.296. The molecule has 6 nitrogen and oxygen atoms in total. The number of anilines is 1. The Morgan fingerprint density at radius 2 is 1.50 bits per heavy atom. The van der Waals surface area contributed by atoms with Gasteiger partial charge in [-0.25, -0.2) is 8.42 Å². The molecule has 1 N–H and O–H groups in total. The number of hydrogen-bond donors (Lipinski definition) is 1. The maximum absolute atomic E-state index is 13.6. The molecule has 0 bridgehead atoms. The number of amides is 1. The van der Waals surface area contributed by atoms with Crippen LogP contribution >= 0.6 is 0 Å². The standard InChI is InChI=1S/C27H32N2O4S/c1-6-26(22-9-11-24(33-5)12-10-22)28-27(30)18-29(23-16-20(3)15-21(4)17-23)34(31,32)25-13-7-19(2)8-14-25/h7-17,26H,6,18H2,1-5H3,(H,28,30)/t26-/m0/s1. The van der Waals surface area contributed by atoms with Crippen LogP contribution in [0.15, 0.2) is 71.6 Å². The Balaban J connectivity index is 1.92. The molecule has 0 radical (unpaired) electrons. The first-order valence-corrected chi connectivity index (χ1v) is 12.7. The molecule has 3 aromatic carbocycles. The molecule has 0 saturated carbocycles. The summed E-state index contributed by atoms with van der Waals surface area (Å²) in [6.45, 7) is 7.36. The Bertz CT molecular complexity index is 1220. The molecule has 1 atom stereocenters. The Kier molecular flexibility index (Phi) is 7.99. The second-order valence-electron chi connectivity index (χ2n) is 8.47. The van der Waals surface area contributed by atoms with Crippen molar-refractivity contribution < 1.29 is 17.9 Å². The SMILES string of the molecule is CC[C@H](NC(=O)CN(c1cc(C)cc(C)c1)S(=O)(=O)c1ccc(C)cc1)c1ccc(OC)cc1. The third-order valence-electron chi connectivity index (χ3n) is 5.65. The number of carbonyl (C=O) groups excluding carboxylic acids is 1. The van der Waals surface area contributed by atoms with Crippen LogP contribution in [0.3, 0.4) is 0 Å². The van der Waals surface area contributed by atoms with E-state index in [0.717, 1.165) is 28.0 Å². The minimum Gasteiger partial charge on any atom is -0.497 e. The highest BCUT2D eigenvalue weighted by atomic mass is 32.2. The maximum Gasteiger partial charge on any atom is 0.264 e. The van der Waals surface area contributed by atoms with E-state index in [4.69, 9.17) is 4.74 Å². The lowest BCUT2D eigenvalue weighted by atomic mass is 10.0. The molecule has 0 aliphatic carbocycles. The summed E-state index contributed by atoms with van der Waals surface area (Å²) >= 11 is 0. The first kappa shape index (κ1) is 25.3. The summed E-state index contributed by atoms with van der Waals surface area (Å²) in [4.78, 5) is 13.3. The number of methoxy groups -OCH3 is 1. The summed E-state index contributed by atoms with van der Waals surface area (Å²) in [6, 6.07) is 19.4. The van der Waals surface area contributed by atoms with E-state index in [0.29, 0.717) is 12.1 Å². The van der Waals surface area contributed by atoms with Crippen LogP contribution in [0.25, 0.3) is 0 Å². The predicted octanol–water partition coefficient (Wildman–Crippen LogP) is 5.08. The fourth-order valence-corrected chi connectivity index (χ4v) is 5.28. The Hall–Kier alpha value is -3.32. The van der Waals surface area contributed by atoms with Crippen LogP contribution in [0.2, 0.25) is 0 Å². The lowest BCUT2D eigenvalue weighted by molar-refractivity contribution is -0.120. The van der Waals surface area contributed by atoms with Crippen molar-refractivity contribution in [2.24, 2.45) is 0 Å². The van der Waals surface area contributed by atoms with E-state index in [-0.39, 0.29) is 23.4 Å². The van der Waals surface area contributed by atoms with Gasteiger partial charge in [-0.15, -0.1) is 0 Å². The molecule has 1 amide bonds. The average molecular weight is 481 g/mol. The van der Waals surface area contributed by atoms with Crippen molar-refractivity contribution in [2.75, 3.05) is 18.0 Å². The number of ether oxygens (including phenoxy) is 1. The third kappa shape index (κ3) is 5.97. The molecule has 34 heavy (non-hydrogen) atoms. The molecule has 0 unspecified atom stereocenters. The van der Waals surface area contributed by atoms with Crippen LogP contribution in [-0.2, 0) is 14.8 Å². The van der Waals surface area contributed by atoms with Crippen molar-refractivity contribution in [3.8, 4) is 5.75 Å². The number of sulfonamides is 1. The van der Waals surface area contributed by atoms with Crippen LogP contribution in [-0.4, -0.2) is 28.0 Å². The largest absolute Gasteiger partial charge is 0.497 e. The first-order chi connectivity index (χ1) is 16.1. The highest BCUT2D eigenvalue weighted by Crippen LogP contribution is 2.27. The predicted molar refractivity (Wildman–Crippen MR) is 136 cm³/mol. The van der Waals surface area contributed by atoms with Gasteiger partial charge in [-0.3, -0.25) is 9.10 Å². The Labute approximate surface area is 202 Å². The van der Waals surface area contributed by atoms with Crippen LogP contribution in [0.1, 0.15) is 41.6 Å². The number of benzene rings is 3. The normalized spacial score (nSPS) is 12.1. The molecular formula is C27H32N2O4S. The average Bonchev–Trinajstić information content (AvgIpc) is 2.80. The van der Waals surface area contributed by atoms with Gasteiger partial charge in [-0.2, -0.15) is 0 Å². The van der Waals surface area contributed by atoms with Crippen molar-refractivity contribution in [1.29, 1.82) is 0 Å². The first-order valence-electron chi connectivity index (χ1n) is 11.2. The van der Waals surface area contributed by atoms with Crippen LogP contribution < -0.4 is 14.4 Å². The second-order valence-corrected chi connectivity index (χ2v) is 10.3. The van der Waals surface area contributed by atoms with E-state index in [1.165, 1.54) is 4.31 Å². The molecule has 3 rings (SSSR count). The van der Waals surface area contributed by atoms with Gasteiger partial charge in [0.2, 0.25) is 5.91 Å². The van der Waals surface area contributed by atoms with Gasteiger partial charge >= 0.3 is 0 Å². The fourth-order valence-electron chi connectivity index (χ4n) is 3.87. The molecule has 0 spiro atoms. The van der Waals surface area contributed by atoms with Crippen molar-refractivity contribution in [3.05, 3.63) is 89.0 Å². The van der Waals surface area contributed by atoms with Gasteiger partial charge in [0.15, 0.2) is 0 Å². The zero-order chi connectivity index (χ0) is 24.9. The van der Waals surface area contributed by atoms with E-state index >= 15 is 0 Å². The van der Waals surface area contributed by atoms with Crippen LogP contribution in [0.5, 0.6) is 5.75 Å². The van der Waals surface area contributed by atoms with Crippen LogP contribution in [0, 0.1) is 20.8 Å². The minimum atomic E-state index is -3.96. The molecule has 0 heterocycles. The van der Waals surface area contributed by atoms with Gasteiger partial charge < -0.3 is 10.1 Å². The van der Waals surface area contributed by atoms with Gasteiger partial charge in [0, 0.05) is 0 Å². The number of aryl methyl sites for hydroxylation is 3. The molecule has 0 aromatic heterocycles. The molecule has 0 aliphatic heterocycles. The van der Waals surface area contributed by atoms with Gasteiger partial charge in [-0.05, 0) is 80.3 Å². The number of nitrogens with zero attached hydrogens (tertiary/aromatic N) is 1. The molecule has 0 saturated heterocycles. The van der Waals surface area contributed by atoms with E-state index in [1.54, 1.807) is 43.5 Å². The zero-order valence-corrected chi connectivity index (χ0v) is 21.1. The van der Waals surface area contributed by atoms with Gasteiger partial charge in [-0.1, -0.05) is 42.8 Å². The summed E-state index contributed by atoms with van der Waals surface area (Å²) in [5.41, 5.74) is 4.19. The quantitative estimate of drug-likeness (QED) is 0.463. The summed E-state index contributed by atoms with van der Waals surface area (Å²) < 4.78 is 33.7. The molecule has 7 heteroatoms. The number of rotatable bonds is 9. The molecule has 0 fully saturated rings. The smallest absolute Gasteiger partial charge is 0.264 e. The van der Waals surface area contributed by atoms with E-state index in [1.807, 2.05) is 58.0 Å². The topological polar surface area (TPSA) is 75.7 Å². The summed E-state index contributed by atoms with van der Waals surface area (Å²) in [7, 11) is -2.36. The molecule has 180 valence electrons. The van der Waals surface area contributed by atoms with Crippen LogP contribution in [0.4, 0.5) is 5.69 Å². The zero-order valence-electron chi connectivity index (χ0n) is 20.3. The summed E-state index contributed by atoms with van der Waals surface area (Å²) in [5, 5.41) is 3.00. The number of hydrogen-bond acceptors (Lipinski definition) is 4. The lowest BCUT2D eigenvalue weighted by Crippen LogP contribution is -2.42. The minimum absolute atomic E-state index is 0.146. The summed E-state index contributed by atoms with van der Waals surface area (Å²) in [5.74, 6) is 0.354. The highest BCUT2D eigenvalue weighted by Gasteiger charge is 2.28. The van der Waals surface area contributed by atoms with Crippen molar-refractivity contribution in [2.45, 2.75) is 45.1 Å². The van der Waals surface area contributed by atoms with E-state index in [2.05, 4.69) is 5.32 Å². The molecule has 3 aromatic rings. The van der Waals surface area contributed by atoms with E-state index in [9.17, 15) is 13.2 Å². The van der Waals surface area contributed by atoms with Crippen molar-refractivity contribution in [3.63, 3.8) is 0 Å². The monoisotopic (exact) mass is 480 g/mol. The van der Waals surface area contributed by atoms with E-state index < -0.39 is 10.0 Å². The van der Waals surface area contributed by atoms with Crippen molar-refractivity contribution in [1.82, 2.24) is 5.32 Å². The summed E-state index contributed by atoms with van der Waals surface area (Å²) in [6.07, 6.45) is 0.659. The lowest BCUT2D eigenvalue weighted by Gasteiger charge is -2.26. The maximum atomic E-state index is 13.6. The highest BCUT2D eigenvalue weighted by molar-refractivity contribution is 7.92. The third-order valence-corrected chi connectivity index (χ3v) is 7.44.